The number of ether oxygens (including phenoxy) is 3. The van der Waals surface area contributed by atoms with Crippen molar-refractivity contribution >= 4 is 76.6 Å². The Balaban J connectivity index is 0.958. The first-order valence-corrected chi connectivity index (χ1v) is 24.4. The number of fused-ring (bicyclic) bond motifs is 3. The van der Waals surface area contributed by atoms with E-state index in [0.717, 1.165) is 0 Å². The summed E-state index contributed by atoms with van der Waals surface area (Å²) in [4.78, 5) is 55.7. The highest BCUT2D eigenvalue weighted by atomic mass is 31.2. The van der Waals surface area contributed by atoms with Crippen molar-refractivity contribution in [2.45, 2.75) is 55.1 Å². The van der Waals surface area contributed by atoms with E-state index in [1.807, 2.05) is 6.07 Å². The number of benzene rings is 2. The predicted octanol–water partition coefficient (Wildman–Crippen LogP) is 4.45. The Hall–Kier alpha value is -5.98. The summed E-state index contributed by atoms with van der Waals surface area (Å²) in [6.45, 7) is 5.62. The van der Waals surface area contributed by atoms with E-state index in [1.54, 1.807) is 65.2 Å². The lowest BCUT2D eigenvalue weighted by Gasteiger charge is -2.34. The molecule has 4 saturated heterocycles. The van der Waals surface area contributed by atoms with Gasteiger partial charge in [0.05, 0.1) is 31.8 Å². The topological polar surface area (TPSA) is 257 Å². The molecular weight excluding hydrogens is 939 g/mol. The summed E-state index contributed by atoms with van der Waals surface area (Å²) in [7, 11) is 5.54. The van der Waals surface area contributed by atoms with Gasteiger partial charge in [-0.15, -0.1) is 0 Å². The molecule has 10 rings (SSSR count). The first kappa shape index (κ1) is 46.7. The van der Waals surface area contributed by atoms with Gasteiger partial charge in [0.2, 0.25) is 6.54 Å². The number of hydrogen-bond acceptors (Lipinski definition) is 18. The molecule has 23 nitrogen and oxygen atoms in total. The van der Waals surface area contributed by atoms with Gasteiger partial charge >= 0.3 is 30.8 Å². The Morgan fingerprint density at radius 1 is 0.826 bits per heavy atom. The maximum atomic E-state index is 17.3. The molecule has 0 spiro atoms. The van der Waals surface area contributed by atoms with Gasteiger partial charge in [-0.25, -0.2) is 40.9 Å². The summed E-state index contributed by atoms with van der Waals surface area (Å²) in [6, 6.07) is 19.0. The molecule has 69 heavy (non-hydrogen) atoms. The van der Waals surface area contributed by atoms with Crippen molar-refractivity contribution in [1.29, 1.82) is 5.26 Å². The number of imidazole rings is 2. The van der Waals surface area contributed by atoms with Gasteiger partial charge in [-0.05, 0) is 24.3 Å². The van der Waals surface area contributed by atoms with E-state index in [2.05, 4.69) is 45.4 Å². The van der Waals surface area contributed by atoms with Crippen molar-refractivity contribution in [2.75, 3.05) is 50.2 Å². The van der Waals surface area contributed by atoms with Crippen molar-refractivity contribution < 1.29 is 55.3 Å². The van der Waals surface area contributed by atoms with Crippen LogP contribution >= 0.6 is 15.6 Å². The Bertz CT molecular complexity index is 2960. The van der Waals surface area contributed by atoms with Crippen LogP contribution in [0, 0.1) is 17.9 Å². The average Bonchev–Trinajstić information content (AvgIpc) is 4.19. The zero-order valence-corrected chi connectivity index (χ0v) is 37.8. The molecule has 28 heteroatoms. The van der Waals surface area contributed by atoms with Crippen LogP contribution in [0.2, 0.25) is 0 Å². The largest absolute Gasteiger partial charge is 0.488 e. The second-order valence-electron chi connectivity index (χ2n) is 15.8. The number of alkyl halides is 1. The number of carbonyl (C=O) groups excluding carboxylic acids is 2. The molecule has 4 aromatic heterocycles. The monoisotopic (exact) mass is 976 g/mol. The Morgan fingerprint density at radius 3 is 2.03 bits per heavy atom. The molecule has 4 fully saturated rings. The minimum absolute atomic E-state index is 0.0592. The number of carbonyl (C=O) groups is 2. The van der Waals surface area contributed by atoms with Gasteiger partial charge in [-0.2, -0.15) is 32.4 Å². The highest BCUT2D eigenvalue weighted by Gasteiger charge is 2.69. The first-order chi connectivity index (χ1) is 33.5. The van der Waals surface area contributed by atoms with Crippen LogP contribution in [0.25, 0.3) is 27.2 Å². The first-order valence-electron chi connectivity index (χ1n) is 21.2. The lowest BCUT2D eigenvalue weighted by Crippen LogP contribution is -2.47. The fraction of sp³-hybridized carbons (Fsp3) is 0.366. The standard InChI is InChI=1S/C41H37B2FN12O11P2/c1-46-14-16-61-68(42)62-17-26-30(27(44)39(64-26)55-22-51-28-33(47-20-49-35(28)55)53-37(57)24-9-4-2-5-10-24)66-69(43,60-15-8-13-45)63-19-41-18-59-31(32(41)67-68)40(65-41)56-23-52-29-34(48-21-50-36(29)56)54-38(58)25-11-6-3-7-12-25/h2-7,9-12,20-23,26-27,30-32,39-40H,8,14-19H2,(H,47,49,53,57)(H,48,50,54,58)/q+2/t26-,27+,30?,31?,32-,39-,40-,41-,68?,69?/m1/s1. The van der Waals surface area contributed by atoms with Crippen LogP contribution in [0.4, 0.5) is 16.0 Å². The van der Waals surface area contributed by atoms with Crippen LogP contribution < -0.4 is 10.6 Å². The Labute approximate surface area is 395 Å². The molecule has 0 saturated carbocycles. The lowest BCUT2D eigenvalue weighted by atomic mass is 10.0. The highest BCUT2D eigenvalue weighted by molar-refractivity contribution is 7.86. The third-order valence-electron chi connectivity index (χ3n) is 11.4. The molecule has 2 aromatic carbocycles. The minimum Gasteiger partial charge on any atom is -0.367 e. The van der Waals surface area contributed by atoms with E-state index in [1.165, 1.54) is 29.9 Å². The van der Waals surface area contributed by atoms with Gasteiger partial charge in [0, 0.05) is 11.1 Å². The molecule has 4 aliphatic rings. The van der Waals surface area contributed by atoms with Gasteiger partial charge in [0.1, 0.15) is 44.7 Å². The molecule has 4 unspecified atom stereocenters. The smallest absolute Gasteiger partial charge is 0.367 e. The number of nitriles is 1. The van der Waals surface area contributed by atoms with E-state index >= 15 is 4.39 Å². The Morgan fingerprint density at radius 2 is 1.42 bits per heavy atom. The van der Waals surface area contributed by atoms with E-state index in [9.17, 15) is 14.9 Å². The van der Waals surface area contributed by atoms with Gasteiger partial charge in [0.25, 0.3) is 11.8 Å². The van der Waals surface area contributed by atoms with Gasteiger partial charge in [-0.1, -0.05) is 36.4 Å². The number of halogens is 1. The molecule has 4 aliphatic heterocycles. The number of hydrogen-bond donors (Lipinski definition) is 2. The Kier molecular flexibility index (Phi) is 13.2. The summed E-state index contributed by atoms with van der Waals surface area (Å²) in [5, 5.41) is 14.9. The molecule has 6 aromatic rings. The fourth-order valence-corrected chi connectivity index (χ4v) is 11.2. The zero-order chi connectivity index (χ0) is 47.8. The molecule has 0 aliphatic carbocycles. The van der Waals surface area contributed by atoms with E-state index < -0.39 is 89.3 Å². The summed E-state index contributed by atoms with van der Waals surface area (Å²) in [5.41, 5.74) is -0.0939. The van der Waals surface area contributed by atoms with Gasteiger partial charge < -0.3 is 29.7 Å². The molecule has 2 N–H and O–H groups in total. The van der Waals surface area contributed by atoms with Crippen LogP contribution in [-0.2, 0) is 41.4 Å². The quantitative estimate of drug-likeness (QED) is 0.0743. The van der Waals surface area contributed by atoms with E-state index in [-0.39, 0.29) is 66.7 Å². The van der Waals surface area contributed by atoms with Gasteiger partial charge in [0.15, 0.2) is 77.0 Å². The van der Waals surface area contributed by atoms with E-state index in [4.69, 9.17) is 63.1 Å². The number of nitrogens with zero attached hydrogens (tertiary/aromatic N) is 10. The normalized spacial score (nSPS) is 29.8. The summed E-state index contributed by atoms with van der Waals surface area (Å²) in [6.07, 6.45) is -4.66. The average molecular weight is 976 g/mol. The molecule has 348 valence electrons. The van der Waals surface area contributed by atoms with Crippen molar-refractivity contribution in [3.8, 4) is 6.07 Å². The molecule has 10 atom stereocenters. The third-order valence-corrected chi connectivity index (χ3v) is 14.6. The molecule has 8 heterocycles. The molecule has 2 bridgehead atoms. The summed E-state index contributed by atoms with van der Waals surface area (Å²) in [5.74, 6) is -0.692. The molecule has 2 amide bonds. The van der Waals surface area contributed by atoms with Crippen molar-refractivity contribution in [3.05, 3.63) is 109 Å². The maximum Gasteiger partial charge on any atom is 0.488 e. The van der Waals surface area contributed by atoms with Crippen LogP contribution in [0.15, 0.2) is 86.0 Å². The summed E-state index contributed by atoms with van der Waals surface area (Å²) >= 11 is 0. The fourth-order valence-electron chi connectivity index (χ4n) is 8.18. The number of anilines is 2. The zero-order valence-electron chi connectivity index (χ0n) is 36.0. The second kappa shape index (κ2) is 19.4. The van der Waals surface area contributed by atoms with E-state index in [0.29, 0.717) is 11.1 Å². The van der Waals surface area contributed by atoms with Crippen LogP contribution in [0.3, 0.4) is 0 Å². The second-order valence-corrected chi connectivity index (χ2v) is 19.4. The van der Waals surface area contributed by atoms with Crippen molar-refractivity contribution in [3.63, 3.8) is 0 Å². The maximum absolute atomic E-state index is 17.3. The van der Waals surface area contributed by atoms with Gasteiger partial charge in [-0.3, -0.25) is 18.7 Å². The van der Waals surface area contributed by atoms with Crippen LogP contribution in [0.1, 0.15) is 39.6 Å². The number of nitrogens with one attached hydrogen (secondary N) is 2. The van der Waals surface area contributed by atoms with Crippen molar-refractivity contribution in [2.24, 2.45) is 0 Å². The number of rotatable bonds is 12. The minimum atomic E-state index is -4.14. The number of amides is 2. The molecule has 4 radical (unpaired) electrons. The highest BCUT2D eigenvalue weighted by Crippen LogP contribution is 2.66. The summed E-state index contributed by atoms with van der Waals surface area (Å²) < 4.78 is 77.1. The predicted molar refractivity (Wildman–Crippen MR) is 241 cm³/mol. The SMILES string of the molecule is [B][P+]1(OCCC#N)OC[C@@]23COC([C@H](n4cnc5c(NC(=O)c6ccccc6)ncnc54)O2)[C@H]3O[P+]([B])(OCC[N+]#[C-])OC[C@H]2O[C@@H](n3cnc4c(NC(=O)c5ccccc5)ncnc43)[C@@H](F)C2O1. The van der Waals surface area contributed by atoms with Crippen LogP contribution in [0.5, 0.6) is 0 Å². The third kappa shape index (κ3) is 9.18. The van der Waals surface area contributed by atoms with Crippen molar-refractivity contribution in [1.82, 2.24) is 39.0 Å². The number of aromatic nitrogens is 8. The van der Waals surface area contributed by atoms with Crippen LogP contribution in [-0.4, -0.2) is 142 Å². The molecular formula is C41H37B2FN12O11P2+2. The lowest BCUT2D eigenvalue weighted by molar-refractivity contribution is -0.184.